The van der Waals surface area contributed by atoms with Crippen LogP contribution in [0.1, 0.15) is 24.3 Å². The van der Waals surface area contributed by atoms with E-state index in [4.69, 9.17) is 0 Å². The Balaban J connectivity index is 2.11. The number of para-hydroxylation sites is 1. The summed E-state index contributed by atoms with van der Waals surface area (Å²) in [4.78, 5) is 20.3. The second-order valence-electron chi connectivity index (χ2n) is 4.97. The molecule has 0 fully saturated rings. The molecule has 2 rings (SSSR count). The van der Waals surface area contributed by atoms with Gasteiger partial charge in [-0.05, 0) is 40.0 Å². The standard InChI is InChI=1S/C15H17BrN4O/c1-10(2)9-18-14(21)13-7-8-17-15(20-13)19-12-6-4-3-5-11(12)16/h3-8,10H,9H2,1-2H3,(H,18,21)(H,17,19,20). The van der Waals surface area contributed by atoms with Crippen LogP contribution in [-0.2, 0) is 0 Å². The Hall–Kier alpha value is -1.95. The molecule has 0 saturated heterocycles. The first-order valence-corrected chi connectivity index (χ1v) is 7.48. The predicted octanol–water partition coefficient (Wildman–Crippen LogP) is 3.37. The Kier molecular flexibility index (Phi) is 5.27. The third kappa shape index (κ3) is 4.53. The molecule has 1 aromatic heterocycles. The zero-order chi connectivity index (χ0) is 15.2. The number of halogens is 1. The van der Waals surface area contributed by atoms with Crippen LogP contribution in [-0.4, -0.2) is 22.4 Å². The molecule has 5 nitrogen and oxygen atoms in total. The lowest BCUT2D eigenvalue weighted by atomic mass is 10.2. The Morgan fingerprint density at radius 3 is 2.76 bits per heavy atom. The van der Waals surface area contributed by atoms with Gasteiger partial charge in [0, 0.05) is 17.2 Å². The highest BCUT2D eigenvalue weighted by Crippen LogP contribution is 2.23. The smallest absolute Gasteiger partial charge is 0.270 e. The maximum absolute atomic E-state index is 12.0. The molecule has 0 bridgehead atoms. The van der Waals surface area contributed by atoms with Gasteiger partial charge in [0.05, 0.1) is 5.69 Å². The molecule has 2 aromatic rings. The van der Waals surface area contributed by atoms with Crippen molar-refractivity contribution >= 4 is 33.5 Å². The van der Waals surface area contributed by atoms with E-state index in [1.54, 1.807) is 12.3 Å². The molecule has 0 aliphatic heterocycles. The number of carbonyl (C=O) groups excluding carboxylic acids is 1. The molecular formula is C15H17BrN4O. The fourth-order valence-corrected chi connectivity index (χ4v) is 2.00. The lowest BCUT2D eigenvalue weighted by molar-refractivity contribution is 0.0944. The summed E-state index contributed by atoms with van der Waals surface area (Å²) in [6.45, 7) is 4.70. The molecule has 0 saturated carbocycles. The second-order valence-corrected chi connectivity index (χ2v) is 5.83. The Labute approximate surface area is 132 Å². The van der Waals surface area contributed by atoms with E-state index in [-0.39, 0.29) is 5.91 Å². The molecule has 0 radical (unpaired) electrons. The summed E-state index contributed by atoms with van der Waals surface area (Å²) in [5.74, 6) is 0.592. The molecule has 2 N–H and O–H groups in total. The zero-order valence-electron chi connectivity index (χ0n) is 11.9. The lowest BCUT2D eigenvalue weighted by Gasteiger charge is -2.09. The van der Waals surface area contributed by atoms with E-state index in [0.29, 0.717) is 24.1 Å². The van der Waals surface area contributed by atoms with Crippen molar-refractivity contribution < 1.29 is 4.79 Å². The quantitative estimate of drug-likeness (QED) is 0.869. The van der Waals surface area contributed by atoms with E-state index < -0.39 is 0 Å². The molecule has 0 atom stereocenters. The van der Waals surface area contributed by atoms with Gasteiger partial charge in [-0.1, -0.05) is 26.0 Å². The minimum atomic E-state index is -0.193. The van der Waals surface area contributed by atoms with E-state index in [2.05, 4.69) is 36.5 Å². The largest absolute Gasteiger partial charge is 0.350 e. The molecule has 0 unspecified atom stereocenters. The van der Waals surface area contributed by atoms with Gasteiger partial charge in [-0.15, -0.1) is 0 Å². The van der Waals surface area contributed by atoms with Gasteiger partial charge >= 0.3 is 0 Å². The van der Waals surface area contributed by atoms with Crippen LogP contribution in [0, 0.1) is 5.92 Å². The first-order valence-electron chi connectivity index (χ1n) is 6.69. The number of rotatable bonds is 5. The Bertz CT molecular complexity index is 631. The number of anilines is 2. The maximum atomic E-state index is 12.0. The van der Waals surface area contributed by atoms with Crippen molar-refractivity contribution in [1.29, 1.82) is 0 Å². The average molecular weight is 349 g/mol. The van der Waals surface area contributed by atoms with Crippen molar-refractivity contribution in [2.75, 3.05) is 11.9 Å². The van der Waals surface area contributed by atoms with Crippen LogP contribution in [0.2, 0.25) is 0 Å². The Morgan fingerprint density at radius 2 is 2.05 bits per heavy atom. The number of nitrogens with zero attached hydrogens (tertiary/aromatic N) is 2. The maximum Gasteiger partial charge on any atom is 0.270 e. The molecular weight excluding hydrogens is 332 g/mol. The van der Waals surface area contributed by atoms with Crippen molar-refractivity contribution in [1.82, 2.24) is 15.3 Å². The van der Waals surface area contributed by atoms with Crippen LogP contribution in [0.5, 0.6) is 0 Å². The third-order valence-electron chi connectivity index (χ3n) is 2.68. The molecule has 0 spiro atoms. The zero-order valence-corrected chi connectivity index (χ0v) is 13.5. The van der Waals surface area contributed by atoms with Crippen LogP contribution in [0.3, 0.4) is 0 Å². The fourth-order valence-electron chi connectivity index (χ4n) is 1.62. The van der Waals surface area contributed by atoms with Gasteiger partial charge in [0.25, 0.3) is 5.91 Å². The van der Waals surface area contributed by atoms with Gasteiger partial charge < -0.3 is 10.6 Å². The van der Waals surface area contributed by atoms with Gasteiger partial charge in [0.1, 0.15) is 5.69 Å². The molecule has 21 heavy (non-hydrogen) atoms. The van der Waals surface area contributed by atoms with E-state index >= 15 is 0 Å². The number of carbonyl (C=O) groups is 1. The number of hydrogen-bond donors (Lipinski definition) is 2. The topological polar surface area (TPSA) is 66.9 Å². The van der Waals surface area contributed by atoms with Crippen LogP contribution in [0.25, 0.3) is 0 Å². The SMILES string of the molecule is CC(C)CNC(=O)c1ccnc(Nc2ccccc2Br)n1. The molecule has 0 aliphatic rings. The summed E-state index contributed by atoms with van der Waals surface area (Å²) in [7, 11) is 0. The number of benzene rings is 1. The first kappa shape index (κ1) is 15.4. The number of aromatic nitrogens is 2. The van der Waals surface area contributed by atoms with Crippen molar-refractivity contribution in [3.8, 4) is 0 Å². The molecule has 6 heteroatoms. The summed E-state index contributed by atoms with van der Waals surface area (Å²) < 4.78 is 0.906. The number of hydrogen-bond acceptors (Lipinski definition) is 4. The summed E-state index contributed by atoms with van der Waals surface area (Å²) in [6, 6.07) is 9.25. The summed E-state index contributed by atoms with van der Waals surface area (Å²) in [6.07, 6.45) is 1.57. The molecule has 110 valence electrons. The molecule has 1 amide bonds. The average Bonchev–Trinajstić information content (AvgIpc) is 2.47. The van der Waals surface area contributed by atoms with E-state index in [1.807, 2.05) is 38.1 Å². The Morgan fingerprint density at radius 1 is 1.29 bits per heavy atom. The van der Waals surface area contributed by atoms with Crippen LogP contribution < -0.4 is 10.6 Å². The van der Waals surface area contributed by atoms with Gasteiger partial charge in [-0.2, -0.15) is 0 Å². The monoisotopic (exact) mass is 348 g/mol. The summed E-state index contributed by atoms with van der Waals surface area (Å²) in [5, 5.41) is 5.92. The van der Waals surface area contributed by atoms with Gasteiger partial charge in [-0.3, -0.25) is 4.79 Å². The lowest BCUT2D eigenvalue weighted by Crippen LogP contribution is -2.28. The van der Waals surface area contributed by atoms with Crippen LogP contribution in [0.4, 0.5) is 11.6 Å². The summed E-state index contributed by atoms with van der Waals surface area (Å²) in [5.41, 5.74) is 1.19. The second kappa shape index (κ2) is 7.17. The fraction of sp³-hybridized carbons (Fsp3) is 0.267. The van der Waals surface area contributed by atoms with Crippen molar-refractivity contribution in [2.45, 2.75) is 13.8 Å². The van der Waals surface area contributed by atoms with Crippen LogP contribution >= 0.6 is 15.9 Å². The highest BCUT2D eigenvalue weighted by Gasteiger charge is 2.09. The van der Waals surface area contributed by atoms with Gasteiger partial charge in [-0.25, -0.2) is 9.97 Å². The third-order valence-corrected chi connectivity index (χ3v) is 3.37. The van der Waals surface area contributed by atoms with Crippen LogP contribution in [0.15, 0.2) is 41.0 Å². The van der Waals surface area contributed by atoms with E-state index in [0.717, 1.165) is 10.2 Å². The molecule has 1 heterocycles. The van der Waals surface area contributed by atoms with Crippen molar-refractivity contribution in [3.63, 3.8) is 0 Å². The van der Waals surface area contributed by atoms with E-state index in [1.165, 1.54) is 0 Å². The minimum Gasteiger partial charge on any atom is -0.350 e. The van der Waals surface area contributed by atoms with E-state index in [9.17, 15) is 4.79 Å². The number of nitrogens with one attached hydrogen (secondary N) is 2. The van der Waals surface area contributed by atoms with Crippen molar-refractivity contribution in [3.05, 3.63) is 46.7 Å². The number of amides is 1. The predicted molar refractivity (Wildman–Crippen MR) is 86.6 cm³/mol. The minimum absolute atomic E-state index is 0.193. The van der Waals surface area contributed by atoms with Gasteiger partial charge in [0.15, 0.2) is 0 Å². The van der Waals surface area contributed by atoms with Crippen molar-refractivity contribution in [2.24, 2.45) is 5.92 Å². The molecule has 0 aliphatic carbocycles. The highest BCUT2D eigenvalue weighted by atomic mass is 79.9. The summed E-state index contributed by atoms with van der Waals surface area (Å²) >= 11 is 3.44. The normalized spacial score (nSPS) is 10.5. The van der Waals surface area contributed by atoms with Gasteiger partial charge in [0.2, 0.25) is 5.95 Å². The first-order chi connectivity index (χ1) is 10.1. The molecule has 1 aromatic carbocycles. The highest BCUT2D eigenvalue weighted by molar-refractivity contribution is 9.10.